The summed E-state index contributed by atoms with van der Waals surface area (Å²) in [5, 5.41) is 0. The third-order valence-corrected chi connectivity index (χ3v) is 1.85. The van der Waals surface area contributed by atoms with E-state index in [2.05, 4.69) is 0 Å². The maximum absolute atomic E-state index is 7.48. The Morgan fingerprint density at radius 3 is 2.30 bits per heavy atom. The van der Waals surface area contributed by atoms with Gasteiger partial charge >= 0.3 is 0 Å². The van der Waals surface area contributed by atoms with Crippen LogP contribution in [-0.4, -0.2) is 0 Å². The molecule has 0 unspecified atom stereocenters. The van der Waals surface area contributed by atoms with Crippen molar-refractivity contribution in [2.24, 2.45) is 0 Å². The molecule has 0 fully saturated rings. The Balaban J connectivity index is 2.36. The van der Waals surface area contributed by atoms with E-state index in [0.29, 0.717) is 12.1 Å². The molecule has 1 aromatic carbocycles. The summed E-state index contributed by atoms with van der Waals surface area (Å²) in [6.07, 6.45) is 0. The molecule has 0 spiro atoms. The predicted octanol–water partition coefficient (Wildman–Crippen LogP) is 2.51. The molecule has 0 heteroatoms. The fourth-order valence-corrected chi connectivity index (χ4v) is 1.01. The van der Waals surface area contributed by atoms with Crippen LogP contribution in [0.4, 0.5) is 0 Å². The first-order chi connectivity index (χ1) is 5.67. The minimum atomic E-state index is -0.374. The second-order valence-electron chi connectivity index (χ2n) is 2.74. The molecule has 0 bridgehead atoms. The van der Waals surface area contributed by atoms with Crippen LogP contribution in [0.25, 0.3) is 0 Å². The van der Waals surface area contributed by atoms with E-state index in [-0.39, 0.29) is 5.41 Å². The fraction of sp³-hybridized carbons (Fsp3) is 0.200. The van der Waals surface area contributed by atoms with Gasteiger partial charge in [-0.3, -0.25) is 0 Å². The van der Waals surface area contributed by atoms with Gasteiger partial charge in [0.1, 0.15) is 0 Å². The molecule has 2 rings (SSSR count). The molecule has 1 aliphatic carbocycles. The van der Waals surface area contributed by atoms with Crippen LogP contribution in [-0.2, 0) is 5.41 Å². The lowest BCUT2D eigenvalue weighted by molar-refractivity contribution is 0.871. The molecule has 0 amide bonds. The van der Waals surface area contributed by atoms with Gasteiger partial charge in [-0.15, -0.1) is 0 Å². The van der Waals surface area contributed by atoms with Crippen molar-refractivity contribution in [2.75, 3.05) is 0 Å². The van der Waals surface area contributed by atoms with Crippen LogP contribution >= 0.6 is 0 Å². The van der Waals surface area contributed by atoms with Gasteiger partial charge in [0.15, 0.2) is 0 Å². The van der Waals surface area contributed by atoms with Gasteiger partial charge in [0.05, 0.1) is 2.74 Å². The highest BCUT2D eigenvalue weighted by Crippen LogP contribution is 2.37. The van der Waals surface area contributed by atoms with E-state index < -0.39 is 0 Å². The maximum atomic E-state index is 7.48. The Hall–Kier alpha value is -1.04. The number of benzene rings is 1. The molecule has 10 heavy (non-hydrogen) atoms. The van der Waals surface area contributed by atoms with Gasteiger partial charge in [-0.1, -0.05) is 42.4 Å². The van der Waals surface area contributed by atoms with Gasteiger partial charge < -0.3 is 0 Å². The SMILES string of the molecule is [2H]C1=C([2H])C1(C)c1ccccc1. The summed E-state index contributed by atoms with van der Waals surface area (Å²) < 4.78 is 15.0. The average molecular weight is 132 g/mol. The zero-order valence-electron chi connectivity index (χ0n) is 7.89. The standard InChI is InChI=1S/C10H10/c1-10(7-8-10)9-5-3-2-4-6-9/h2-8H,1H3/i7D,8D. The molecule has 1 aromatic rings. The summed E-state index contributed by atoms with van der Waals surface area (Å²) >= 11 is 0. The summed E-state index contributed by atoms with van der Waals surface area (Å²) in [6.45, 7) is 1.92. The molecular formula is C10H10. The Bertz CT molecular complexity index is 326. The van der Waals surface area contributed by atoms with Gasteiger partial charge in [-0.05, 0) is 12.5 Å². The van der Waals surface area contributed by atoms with Crippen molar-refractivity contribution in [1.29, 1.82) is 0 Å². The second kappa shape index (κ2) is 1.72. The summed E-state index contributed by atoms with van der Waals surface area (Å²) in [5.74, 6) is 0. The highest BCUT2D eigenvalue weighted by Gasteiger charge is 2.29. The molecule has 1 aliphatic rings. The number of hydrogen-bond donors (Lipinski definition) is 0. The normalized spacial score (nSPS) is 23.7. The summed E-state index contributed by atoms with van der Waals surface area (Å²) in [6, 6.07) is 10.7. The van der Waals surface area contributed by atoms with E-state index in [1.54, 1.807) is 0 Å². The largest absolute Gasteiger partial charge is 0.0733 e. The molecule has 50 valence electrons. The number of allylic oxidation sites excluding steroid dienone is 2. The molecule has 0 aliphatic heterocycles. The monoisotopic (exact) mass is 132 g/mol. The Morgan fingerprint density at radius 1 is 1.20 bits per heavy atom. The van der Waals surface area contributed by atoms with Crippen LogP contribution in [0.1, 0.15) is 15.2 Å². The molecule has 0 saturated carbocycles. The van der Waals surface area contributed by atoms with Gasteiger partial charge in [-0.25, -0.2) is 0 Å². The third kappa shape index (κ3) is 0.766. The Morgan fingerprint density at radius 2 is 1.80 bits per heavy atom. The van der Waals surface area contributed by atoms with Crippen molar-refractivity contribution in [2.45, 2.75) is 12.3 Å². The molecule has 0 atom stereocenters. The van der Waals surface area contributed by atoms with E-state index in [0.717, 1.165) is 5.56 Å². The van der Waals surface area contributed by atoms with Crippen molar-refractivity contribution >= 4 is 0 Å². The molecule has 0 aromatic heterocycles. The lowest BCUT2D eigenvalue weighted by atomic mass is 9.96. The van der Waals surface area contributed by atoms with E-state index in [1.807, 2.05) is 37.3 Å². The van der Waals surface area contributed by atoms with E-state index >= 15 is 0 Å². The first-order valence-electron chi connectivity index (χ1n) is 4.41. The highest BCUT2D eigenvalue weighted by molar-refractivity contribution is 5.45. The second-order valence-corrected chi connectivity index (χ2v) is 2.74. The quantitative estimate of drug-likeness (QED) is 0.515. The summed E-state index contributed by atoms with van der Waals surface area (Å²) in [7, 11) is 0. The fourth-order valence-electron chi connectivity index (χ4n) is 1.01. The first kappa shape index (κ1) is 3.97. The van der Waals surface area contributed by atoms with Gasteiger partial charge in [0.2, 0.25) is 0 Å². The van der Waals surface area contributed by atoms with Crippen molar-refractivity contribution in [1.82, 2.24) is 0 Å². The lowest BCUT2D eigenvalue weighted by Crippen LogP contribution is -2.00. The van der Waals surface area contributed by atoms with Gasteiger partial charge in [-0.2, -0.15) is 0 Å². The predicted molar refractivity (Wildman–Crippen MR) is 42.9 cm³/mol. The van der Waals surface area contributed by atoms with Crippen molar-refractivity contribution in [3.8, 4) is 0 Å². The zero-order valence-corrected chi connectivity index (χ0v) is 5.89. The molecule has 0 nitrogen and oxygen atoms in total. The Labute approximate surface area is 64.0 Å². The summed E-state index contributed by atoms with van der Waals surface area (Å²) in [5.41, 5.74) is 0.682. The topological polar surface area (TPSA) is 0 Å². The highest BCUT2D eigenvalue weighted by atomic mass is 14.3. The van der Waals surface area contributed by atoms with Crippen LogP contribution in [0.5, 0.6) is 0 Å². The van der Waals surface area contributed by atoms with Crippen LogP contribution in [0.2, 0.25) is 0 Å². The van der Waals surface area contributed by atoms with E-state index in [4.69, 9.17) is 2.74 Å². The molecule has 0 saturated heterocycles. The molecule has 0 radical (unpaired) electrons. The van der Waals surface area contributed by atoms with Crippen LogP contribution < -0.4 is 0 Å². The zero-order chi connectivity index (χ0) is 8.77. The molecular weight excluding hydrogens is 120 g/mol. The van der Waals surface area contributed by atoms with Crippen LogP contribution in [0.3, 0.4) is 0 Å². The van der Waals surface area contributed by atoms with Crippen LogP contribution in [0, 0.1) is 0 Å². The Kier molecular flexibility index (Phi) is 0.684. The minimum Gasteiger partial charge on any atom is -0.0733 e. The lowest BCUT2D eigenvalue weighted by Gasteiger charge is -2.07. The van der Waals surface area contributed by atoms with E-state index in [1.165, 1.54) is 0 Å². The minimum absolute atomic E-state index is 0.374. The molecule has 0 N–H and O–H groups in total. The number of hydrogen-bond acceptors (Lipinski definition) is 0. The van der Waals surface area contributed by atoms with Gasteiger partial charge in [0, 0.05) is 5.41 Å². The van der Waals surface area contributed by atoms with Crippen molar-refractivity contribution in [3.05, 3.63) is 48.0 Å². The number of rotatable bonds is 1. The first-order valence-corrected chi connectivity index (χ1v) is 3.41. The smallest absolute Gasteiger partial charge is 0.0586 e. The van der Waals surface area contributed by atoms with Crippen molar-refractivity contribution in [3.63, 3.8) is 0 Å². The van der Waals surface area contributed by atoms with Gasteiger partial charge in [0.25, 0.3) is 0 Å². The summed E-state index contributed by atoms with van der Waals surface area (Å²) in [4.78, 5) is 0. The average Bonchev–Trinajstić information content (AvgIpc) is 2.60. The van der Waals surface area contributed by atoms with E-state index in [9.17, 15) is 0 Å². The third-order valence-electron chi connectivity index (χ3n) is 1.85. The maximum Gasteiger partial charge on any atom is 0.0586 e. The van der Waals surface area contributed by atoms with Crippen LogP contribution in [0.15, 0.2) is 42.4 Å². The molecule has 0 heterocycles. The van der Waals surface area contributed by atoms with Crippen molar-refractivity contribution < 1.29 is 2.74 Å².